The highest BCUT2D eigenvalue weighted by Crippen LogP contribution is 2.28. The number of hydrogen-bond acceptors (Lipinski definition) is 4. The Labute approximate surface area is 133 Å². The molecule has 1 aliphatic heterocycles. The zero-order chi connectivity index (χ0) is 15.9. The standard InChI is InChI=1S/C18H27NO3/c1-5-6-16-7-8-17(18(11-16)20-4)21-10-9-19-12-14(2)22-15(3)13-19/h5-8,11,14-15H,9-10,12-13H2,1-4H3/b6-5+/t14-,15-/m0/s1. The first-order valence-corrected chi connectivity index (χ1v) is 7.93. The second kappa shape index (κ2) is 8.20. The summed E-state index contributed by atoms with van der Waals surface area (Å²) < 4.78 is 17.1. The Balaban J connectivity index is 1.88. The van der Waals surface area contributed by atoms with Crippen LogP contribution in [0.3, 0.4) is 0 Å². The van der Waals surface area contributed by atoms with Crippen molar-refractivity contribution in [3.63, 3.8) is 0 Å². The molecule has 0 aliphatic carbocycles. The third-order valence-corrected chi connectivity index (χ3v) is 3.71. The first kappa shape index (κ1) is 16.8. The minimum Gasteiger partial charge on any atom is -0.493 e. The fraction of sp³-hybridized carbons (Fsp3) is 0.556. The third-order valence-electron chi connectivity index (χ3n) is 3.71. The number of allylic oxidation sites excluding steroid dienone is 1. The van der Waals surface area contributed by atoms with E-state index >= 15 is 0 Å². The third kappa shape index (κ3) is 4.75. The number of hydrogen-bond donors (Lipinski definition) is 0. The van der Waals surface area contributed by atoms with Crippen LogP contribution in [-0.2, 0) is 4.74 Å². The molecule has 1 aromatic carbocycles. The van der Waals surface area contributed by atoms with Gasteiger partial charge in [0, 0.05) is 19.6 Å². The fourth-order valence-corrected chi connectivity index (χ4v) is 2.85. The molecule has 4 heteroatoms. The van der Waals surface area contributed by atoms with E-state index in [4.69, 9.17) is 14.2 Å². The predicted molar refractivity (Wildman–Crippen MR) is 89.6 cm³/mol. The van der Waals surface area contributed by atoms with Gasteiger partial charge < -0.3 is 14.2 Å². The Hall–Kier alpha value is -1.52. The van der Waals surface area contributed by atoms with Crippen LogP contribution in [-0.4, -0.2) is 50.5 Å². The quantitative estimate of drug-likeness (QED) is 0.807. The van der Waals surface area contributed by atoms with Gasteiger partial charge in [0.2, 0.25) is 0 Å². The van der Waals surface area contributed by atoms with E-state index in [1.165, 1.54) is 0 Å². The average Bonchev–Trinajstić information content (AvgIpc) is 2.48. The minimum absolute atomic E-state index is 0.290. The second-order valence-electron chi connectivity index (χ2n) is 5.78. The van der Waals surface area contributed by atoms with Gasteiger partial charge in [-0.3, -0.25) is 4.90 Å². The number of methoxy groups -OCH3 is 1. The highest BCUT2D eigenvalue weighted by atomic mass is 16.5. The maximum atomic E-state index is 5.90. The minimum atomic E-state index is 0.290. The van der Waals surface area contributed by atoms with Gasteiger partial charge in [-0.2, -0.15) is 0 Å². The topological polar surface area (TPSA) is 30.9 Å². The van der Waals surface area contributed by atoms with E-state index in [0.717, 1.165) is 36.7 Å². The van der Waals surface area contributed by atoms with E-state index < -0.39 is 0 Å². The molecule has 4 nitrogen and oxygen atoms in total. The average molecular weight is 305 g/mol. The SMILES string of the molecule is C/C=C/c1ccc(OCCN2C[C@H](C)O[C@@H](C)C2)c(OC)c1. The summed E-state index contributed by atoms with van der Waals surface area (Å²) in [5.41, 5.74) is 1.11. The van der Waals surface area contributed by atoms with Gasteiger partial charge in [-0.15, -0.1) is 0 Å². The number of benzene rings is 1. The van der Waals surface area contributed by atoms with Gasteiger partial charge in [0.05, 0.1) is 19.3 Å². The van der Waals surface area contributed by atoms with Crippen molar-refractivity contribution in [2.24, 2.45) is 0 Å². The predicted octanol–water partition coefficient (Wildman–Crippen LogP) is 3.22. The van der Waals surface area contributed by atoms with Crippen LogP contribution in [0.15, 0.2) is 24.3 Å². The first-order valence-electron chi connectivity index (χ1n) is 7.93. The van der Waals surface area contributed by atoms with Crippen molar-refractivity contribution in [2.75, 3.05) is 33.4 Å². The second-order valence-corrected chi connectivity index (χ2v) is 5.78. The lowest BCUT2D eigenvalue weighted by atomic mass is 10.2. The maximum Gasteiger partial charge on any atom is 0.161 e. The molecule has 1 aliphatic rings. The molecule has 1 aromatic rings. The van der Waals surface area contributed by atoms with E-state index in [-0.39, 0.29) is 0 Å². The van der Waals surface area contributed by atoms with Crippen LogP contribution in [0.5, 0.6) is 11.5 Å². The van der Waals surface area contributed by atoms with Crippen molar-refractivity contribution in [1.82, 2.24) is 4.90 Å². The van der Waals surface area contributed by atoms with Gasteiger partial charge in [-0.25, -0.2) is 0 Å². The first-order chi connectivity index (χ1) is 10.6. The molecule has 1 saturated heterocycles. The summed E-state index contributed by atoms with van der Waals surface area (Å²) in [6, 6.07) is 6.00. The molecule has 0 N–H and O–H groups in total. The lowest BCUT2D eigenvalue weighted by Crippen LogP contribution is -2.46. The molecule has 0 amide bonds. The molecule has 1 fully saturated rings. The van der Waals surface area contributed by atoms with Gasteiger partial charge in [0.1, 0.15) is 6.61 Å². The summed E-state index contributed by atoms with van der Waals surface area (Å²) in [4.78, 5) is 2.39. The van der Waals surface area contributed by atoms with Crippen molar-refractivity contribution in [3.8, 4) is 11.5 Å². The van der Waals surface area contributed by atoms with Crippen molar-refractivity contribution in [1.29, 1.82) is 0 Å². The van der Waals surface area contributed by atoms with Crippen LogP contribution in [0.4, 0.5) is 0 Å². The molecule has 0 spiro atoms. The molecule has 0 radical (unpaired) electrons. The number of nitrogens with zero attached hydrogens (tertiary/aromatic N) is 1. The monoisotopic (exact) mass is 305 g/mol. The normalized spacial score (nSPS) is 22.9. The van der Waals surface area contributed by atoms with Crippen LogP contribution in [0.25, 0.3) is 6.08 Å². The van der Waals surface area contributed by atoms with Gasteiger partial charge >= 0.3 is 0 Å². The van der Waals surface area contributed by atoms with Crippen LogP contribution >= 0.6 is 0 Å². The molecule has 0 aromatic heterocycles. The van der Waals surface area contributed by atoms with Gasteiger partial charge in [0.15, 0.2) is 11.5 Å². The summed E-state index contributed by atoms with van der Waals surface area (Å²) in [6.45, 7) is 9.72. The van der Waals surface area contributed by atoms with Crippen LogP contribution in [0.1, 0.15) is 26.3 Å². The van der Waals surface area contributed by atoms with Gasteiger partial charge in [-0.05, 0) is 38.5 Å². The van der Waals surface area contributed by atoms with Crippen LogP contribution < -0.4 is 9.47 Å². The number of ether oxygens (including phenoxy) is 3. The Kier molecular flexibility index (Phi) is 6.28. The van der Waals surface area contributed by atoms with Crippen molar-refractivity contribution in [2.45, 2.75) is 33.0 Å². The molecule has 2 rings (SSSR count). The lowest BCUT2D eigenvalue weighted by molar-refractivity contribution is -0.0699. The smallest absolute Gasteiger partial charge is 0.161 e. The molecule has 122 valence electrons. The fourth-order valence-electron chi connectivity index (χ4n) is 2.85. The van der Waals surface area contributed by atoms with Crippen LogP contribution in [0, 0.1) is 0 Å². The Morgan fingerprint density at radius 2 is 1.95 bits per heavy atom. The Bertz CT molecular complexity index is 491. The van der Waals surface area contributed by atoms with E-state index in [0.29, 0.717) is 18.8 Å². The molecule has 1 heterocycles. The molecule has 22 heavy (non-hydrogen) atoms. The Morgan fingerprint density at radius 1 is 1.23 bits per heavy atom. The van der Waals surface area contributed by atoms with Crippen molar-refractivity contribution < 1.29 is 14.2 Å². The molecule has 0 unspecified atom stereocenters. The summed E-state index contributed by atoms with van der Waals surface area (Å²) in [5, 5.41) is 0. The summed E-state index contributed by atoms with van der Waals surface area (Å²) in [5.74, 6) is 1.57. The van der Waals surface area contributed by atoms with E-state index in [1.807, 2.05) is 37.3 Å². The summed E-state index contributed by atoms with van der Waals surface area (Å²) in [7, 11) is 1.67. The van der Waals surface area contributed by atoms with Crippen molar-refractivity contribution in [3.05, 3.63) is 29.8 Å². The number of morpholine rings is 1. The van der Waals surface area contributed by atoms with Gasteiger partial charge in [-0.1, -0.05) is 18.2 Å². The highest BCUT2D eigenvalue weighted by Gasteiger charge is 2.21. The summed E-state index contributed by atoms with van der Waals surface area (Å²) >= 11 is 0. The molecular weight excluding hydrogens is 278 g/mol. The van der Waals surface area contributed by atoms with E-state index in [1.54, 1.807) is 7.11 Å². The van der Waals surface area contributed by atoms with Crippen molar-refractivity contribution >= 4 is 6.08 Å². The largest absolute Gasteiger partial charge is 0.493 e. The molecular formula is C18H27NO3. The zero-order valence-electron chi connectivity index (χ0n) is 14.0. The maximum absolute atomic E-state index is 5.90. The number of rotatable bonds is 6. The molecule has 0 saturated carbocycles. The Morgan fingerprint density at radius 3 is 2.59 bits per heavy atom. The molecule has 2 atom stereocenters. The zero-order valence-corrected chi connectivity index (χ0v) is 14.0. The lowest BCUT2D eigenvalue weighted by Gasteiger charge is -2.35. The van der Waals surface area contributed by atoms with E-state index in [2.05, 4.69) is 18.7 Å². The molecule has 0 bridgehead atoms. The highest BCUT2D eigenvalue weighted by molar-refractivity contribution is 5.55. The van der Waals surface area contributed by atoms with E-state index in [9.17, 15) is 0 Å². The summed E-state index contributed by atoms with van der Waals surface area (Å²) in [6.07, 6.45) is 4.63. The van der Waals surface area contributed by atoms with Gasteiger partial charge in [0.25, 0.3) is 0 Å². The van der Waals surface area contributed by atoms with Crippen LogP contribution in [0.2, 0.25) is 0 Å².